The molecule has 4 aromatic rings. The number of aromatic nitrogens is 1. The normalized spacial score (nSPS) is 11.8. The maximum atomic E-state index is 13.9. The van der Waals surface area contributed by atoms with Gasteiger partial charge in [-0.05, 0) is 50.1 Å². The summed E-state index contributed by atoms with van der Waals surface area (Å²) in [6, 6.07) is 21.9. The van der Waals surface area contributed by atoms with Gasteiger partial charge >= 0.3 is 0 Å². The van der Waals surface area contributed by atoms with Crippen molar-refractivity contribution in [2.75, 3.05) is 26.3 Å². The van der Waals surface area contributed by atoms with Crippen LogP contribution < -0.4 is 0 Å². The van der Waals surface area contributed by atoms with Crippen molar-refractivity contribution >= 4 is 26.8 Å². The van der Waals surface area contributed by atoms with E-state index in [0.29, 0.717) is 42.8 Å². The van der Waals surface area contributed by atoms with Crippen molar-refractivity contribution in [2.24, 2.45) is 0 Å². The van der Waals surface area contributed by atoms with E-state index in [0.717, 1.165) is 11.3 Å². The number of fused-ring (bicyclic) bond motifs is 1. The molecule has 2 aromatic heterocycles. The van der Waals surface area contributed by atoms with Gasteiger partial charge in [0, 0.05) is 37.9 Å². The van der Waals surface area contributed by atoms with Gasteiger partial charge in [-0.15, -0.1) is 0 Å². The van der Waals surface area contributed by atoms with E-state index in [-0.39, 0.29) is 30.4 Å². The summed E-state index contributed by atoms with van der Waals surface area (Å²) < 4.78 is 40.3. The highest BCUT2D eigenvalue weighted by Crippen LogP contribution is 2.25. The molecule has 2 heterocycles. The zero-order chi connectivity index (χ0) is 27.0. The summed E-state index contributed by atoms with van der Waals surface area (Å²) in [5.74, 6) is 1.06. The number of para-hydroxylation sites is 1. The molecule has 0 atom stereocenters. The minimum atomic E-state index is -4.04. The molecule has 2 aromatic carbocycles. The second-order valence-electron chi connectivity index (χ2n) is 8.97. The van der Waals surface area contributed by atoms with E-state index >= 15 is 0 Å². The van der Waals surface area contributed by atoms with Crippen LogP contribution in [-0.2, 0) is 32.6 Å². The molecular formula is C29H33N3O5S. The molecule has 0 aliphatic rings. The van der Waals surface area contributed by atoms with Gasteiger partial charge < -0.3 is 14.1 Å². The molecule has 4 rings (SSSR count). The third-order valence-electron chi connectivity index (χ3n) is 6.14. The number of amides is 1. The Balaban J connectivity index is 1.64. The van der Waals surface area contributed by atoms with Crippen LogP contribution in [0.1, 0.15) is 30.4 Å². The summed E-state index contributed by atoms with van der Waals surface area (Å²) in [5, 5.41) is 0.716. The number of ether oxygens (including phenoxy) is 1. The summed E-state index contributed by atoms with van der Waals surface area (Å²) in [7, 11) is -4.04. The Bertz CT molecular complexity index is 1450. The fraction of sp³-hybridized carbons (Fsp3) is 0.310. The molecule has 0 aliphatic carbocycles. The van der Waals surface area contributed by atoms with E-state index < -0.39 is 10.0 Å². The zero-order valence-corrected chi connectivity index (χ0v) is 22.6. The molecule has 0 saturated carbocycles. The number of hydrogen-bond donors (Lipinski definition) is 0. The molecule has 0 unspecified atom stereocenters. The Morgan fingerprint density at radius 3 is 2.50 bits per heavy atom. The first-order valence-electron chi connectivity index (χ1n) is 12.7. The minimum Gasteiger partial charge on any atom is -0.464 e. The Morgan fingerprint density at radius 2 is 1.76 bits per heavy atom. The van der Waals surface area contributed by atoms with E-state index in [1.807, 2.05) is 68.4 Å². The number of nitrogens with zero attached hydrogens (tertiary/aromatic N) is 3. The van der Waals surface area contributed by atoms with Crippen LogP contribution in [0.5, 0.6) is 0 Å². The molecule has 0 N–H and O–H groups in total. The van der Waals surface area contributed by atoms with Crippen LogP contribution in [-0.4, -0.2) is 54.8 Å². The molecule has 1 amide bonds. The number of aryl methyl sites for hydroxylation is 1. The van der Waals surface area contributed by atoms with E-state index in [9.17, 15) is 13.2 Å². The molecule has 0 aliphatic heterocycles. The van der Waals surface area contributed by atoms with Crippen LogP contribution in [0, 0.1) is 6.92 Å². The number of sulfonamides is 1. The van der Waals surface area contributed by atoms with Gasteiger partial charge in [-0.1, -0.05) is 48.5 Å². The van der Waals surface area contributed by atoms with Gasteiger partial charge in [-0.2, -0.15) is 4.31 Å². The van der Waals surface area contributed by atoms with Gasteiger partial charge in [-0.25, -0.2) is 8.42 Å². The molecule has 9 heteroatoms. The third-order valence-corrected chi connectivity index (χ3v) is 8.01. The van der Waals surface area contributed by atoms with Gasteiger partial charge in [-0.3, -0.25) is 9.78 Å². The molecular weight excluding hydrogens is 502 g/mol. The standard InChI is InChI=1S/C29H33N3O5S/c1-3-36-19-9-18-32(38(34,35)27-14-7-12-25-13-8-17-30-29(25)27)22-28(33)31(20-24-10-5-4-6-11-24)21-26-16-15-23(2)37-26/h4-8,10-17H,3,9,18-22H2,1-2H3. The molecule has 8 nitrogen and oxygen atoms in total. The minimum absolute atomic E-state index is 0.0797. The number of benzene rings is 2. The SMILES string of the molecule is CCOCCCN(CC(=O)N(Cc1ccccc1)Cc1ccc(C)o1)S(=O)(=O)c1cccc2cccnc12. The van der Waals surface area contributed by atoms with Crippen molar-refractivity contribution in [1.82, 2.24) is 14.2 Å². The fourth-order valence-corrected chi connectivity index (χ4v) is 5.83. The highest BCUT2D eigenvalue weighted by molar-refractivity contribution is 7.89. The maximum Gasteiger partial charge on any atom is 0.245 e. The lowest BCUT2D eigenvalue weighted by atomic mass is 10.2. The van der Waals surface area contributed by atoms with Gasteiger partial charge in [0.2, 0.25) is 15.9 Å². The second-order valence-corrected chi connectivity index (χ2v) is 10.9. The smallest absolute Gasteiger partial charge is 0.245 e. The first kappa shape index (κ1) is 27.5. The summed E-state index contributed by atoms with van der Waals surface area (Å²) >= 11 is 0. The van der Waals surface area contributed by atoms with Crippen LogP contribution in [0.2, 0.25) is 0 Å². The van der Waals surface area contributed by atoms with Crippen LogP contribution in [0.3, 0.4) is 0 Å². The summed E-state index contributed by atoms with van der Waals surface area (Å²) in [4.78, 5) is 19.8. The highest BCUT2D eigenvalue weighted by Gasteiger charge is 2.30. The molecule has 200 valence electrons. The quantitative estimate of drug-likeness (QED) is 0.229. The van der Waals surface area contributed by atoms with Crippen molar-refractivity contribution in [3.8, 4) is 0 Å². The van der Waals surface area contributed by atoms with Gasteiger partial charge in [0.05, 0.1) is 18.6 Å². The van der Waals surface area contributed by atoms with Crippen molar-refractivity contribution in [3.05, 3.63) is 96.1 Å². The van der Waals surface area contributed by atoms with E-state index in [2.05, 4.69) is 4.98 Å². The Hall–Kier alpha value is -3.53. The van der Waals surface area contributed by atoms with Gasteiger partial charge in [0.15, 0.2) is 0 Å². The molecule has 0 bridgehead atoms. The Kier molecular flexibility index (Phi) is 9.28. The Labute approximate surface area is 223 Å². The van der Waals surface area contributed by atoms with Crippen molar-refractivity contribution < 1.29 is 22.4 Å². The van der Waals surface area contributed by atoms with E-state index in [4.69, 9.17) is 9.15 Å². The van der Waals surface area contributed by atoms with Crippen molar-refractivity contribution in [1.29, 1.82) is 0 Å². The van der Waals surface area contributed by atoms with E-state index in [1.165, 1.54) is 10.4 Å². The topological polar surface area (TPSA) is 93.0 Å². The number of hydrogen-bond acceptors (Lipinski definition) is 6. The predicted octanol–water partition coefficient (Wildman–Crippen LogP) is 4.78. The maximum absolute atomic E-state index is 13.9. The summed E-state index contributed by atoms with van der Waals surface area (Å²) in [6.07, 6.45) is 2.02. The average molecular weight is 536 g/mol. The largest absolute Gasteiger partial charge is 0.464 e. The van der Waals surface area contributed by atoms with E-state index in [1.54, 1.807) is 23.2 Å². The number of carbonyl (C=O) groups excluding carboxylic acids is 1. The number of pyridine rings is 1. The second kappa shape index (κ2) is 12.8. The number of furan rings is 1. The third kappa shape index (κ3) is 6.86. The van der Waals surface area contributed by atoms with Crippen LogP contribution >= 0.6 is 0 Å². The fourth-order valence-electron chi connectivity index (χ4n) is 4.24. The lowest BCUT2D eigenvalue weighted by Crippen LogP contribution is -2.43. The summed E-state index contributed by atoms with van der Waals surface area (Å²) in [5.41, 5.74) is 1.32. The molecule has 0 radical (unpaired) electrons. The van der Waals surface area contributed by atoms with Crippen LogP contribution in [0.4, 0.5) is 0 Å². The highest BCUT2D eigenvalue weighted by atomic mass is 32.2. The number of rotatable bonds is 13. The van der Waals surface area contributed by atoms with Crippen LogP contribution in [0.25, 0.3) is 10.9 Å². The molecule has 0 saturated heterocycles. The van der Waals surface area contributed by atoms with Gasteiger partial charge in [0.25, 0.3) is 0 Å². The van der Waals surface area contributed by atoms with Crippen LogP contribution in [0.15, 0.2) is 88.3 Å². The Morgan fingerprint density at radius 1 is 0.974 bits per heavy atom. The van der Waals surface area contributed by atoms with Gasteiger partial charge in [0.1, 0.15) is 16.4 Å². The van der Waals surface area contributed by atoms with Crippen molar-refractivity contribution in [2.45, 2.75) is 38.3 Å². The number of carbonyl (C=O) groups is 1. The zero-order valence-electron chi connectivity index (χ0n) is 21.7. The van der Waals surface area contributed by atoms with Crippen molar-refractivity contribution in [3.63, 3.8) is 0 Å². The summed E-state index contributed by atoms with van der Waals surface area (Å²) in [6.45, 7) is 5.03. The molecule has 0 fully saturated rings. The monoisotopic (exact) mass is 535 g/mol. The predicted molar refractivity (Wildman–Crippen MR) is 146 cm³/mol. The lowest BCUT2D eigenvalue weighted by Gasteiger charge is -2.27. The average Bonchev–Trinajstić information content (AvgIpc) is 3.34. The molecule has 38 heavy (non-hydrogen) atoms. The first-order valence-corrected chi connectivity index (χ1v) is 14.1. The lowest BCUT2D eigenvalue weighted by molar-refractivity contribution is -0.133. The first-order chi connectivity index (χ1) is 18.4. The molecule has 0 spiro atoms.